The molecule has 1 aliphatic heterocycles. The fourth-order valence-corrected chi connectivity index (χ4v) is 4.12. The van der Waals surface area contributed by atoms with E-state index >= 15 is 0 Å². The van der Waals surface area contributed by atoms with Gasteiger partial charge in [-0.05, 0) is 62.8 Å². The van der Waals surface area contributed by atoms with Crippen molar-refractivity contribution in [3.8, 4) is 5.75 Å². The van der Waals surface area contributed by atoms with Gasteiger partial charge in [0.15, 0.2) is 5.11 Å². The molecule has 0 radical (unpaired) electrons. The van der Waals surface area contributed by atoms with E-state index in [1.807, 2.05) is 43.3 Å². The quantitative estimate of drug-likeness (QED) is 0.336. The van der Waals surface area contributed by atoms with Crippen LogP contribution in [0.2, 0.25) is 0 Å². The number of methoxy groups -OCH3 is 1. The Bertz CT molecular complexity index is 1030. The first-order valence-corrected chi connectivity index (χ1v) is 11.3. The minimum atomic E-state index is -0.437. The van der Waals surface area contributed by atoms with Gasteiger partial charge in [-0.3, -0.25) is 19.4 Å². The van der Waals surface area contributed by atoms with Crippen LogP contribution in [0.3, 0.4) is 0 Å². The van der Waals surface area contributed by atoms with Gasteiger partial charge in [-0.25, -0.2) is 0 Å². The summed E-state index contributed by atoms with van der Waals surface area (Å²) in [6.45, 7) is 8.32. The number of carbonyl (C=O) groups excluding carboxylic acids is 2. The third-order valence-electron chi connectivity index (χ3n) is 5.44. The number of hydrogen-bond acceptors (Lipinski definition) is 5. The van der Waals surface area contributed by atoms with E-state index in [1.165, 1.54) is 9.80 Å². The van der Waals surface area contributed by atoms with Gasteiger partial charge < -0.3 is 9.64 Å². The van der Waals surface area contributed by atoms with E-state index in [1.54, 1.807) is 25.3 Å². The maximum Gasteiger partial charge on any atom is 0.270 e. The number of nitrogens with zero attached hydrogens (tertiary/aromatic N) is 3. The molecule has 2 aromatic carbocycles. The number of anilines is 2. The lowest BCUT2D eigenvalue weighted by molar-refractivity contribution is -0.127. The maximum atomic E-state index is 13.4. The van der Waals surface area contributed by atoms with Crippen molar-refractivity contribution in [2.45, 2.75) is 27.2 Å². The molecule has 0 atom stereocenters. The molecular weight excluding hydrogens is 422 g/mol. The molecule has 0 N–H and O–H groups in total. The first-order chi connectivity index (χ1) is 15.5. The topological polar surface area (TPSA) is 53.1 Å². The summed E-state index contributed by atoms with van der Waals surface area (Å²) in [5.41, 5.74) is 2.38. The van der Waals surface area contributed by atoms with Crippen molar-refractivity contribution in [1.29, 1.82) is 0 Å². The zero-order valence-electron chi connectivity index (χ0n) is 19.0. The minimum absolute atomic E-state index is 0.0600. The van der Waals surface area contributed by atoms with Gasteiger partial charge in [-0.15, -0.1) is 0 Å². The van der Waals surface area contributed by atoms with Gasteiger partial charge in [0, 0.05) is 37.0 Å². The van der Waals surface area contributed by atoms with Crippen molar-refractivity contribution >= 4 is 46.6 Å². The molecule has 3 rings (SSSR count). The molecule has 0 unspecified atom stereocenters. The van der Waals surface area contributed by atoms with Crippen LogP contribution in [0.5, 0.6) is 5.75 Å². The molecular formula is C25H29N3O3S. The number of amides is 2. The number of benzene rings is 2. The Hall–Kier alpha value is -3.19. The lowest BCUT2D eigenvalue weighted by Crippen LogP contribution is -2.56. The van der Waals surface area contributed by atoms with Gasteiger partial charge in [0.1, 0.15) is 11.3 Å². The highest BCUT2D eigenvalue weighted by Crippen LogP contribution is 2.31. The lowest BCUT2D eigenvalue weighted by Gasteiger charge is -2.36. The van der Waals surface area contributed by atoms with E-state index < -0.39 is 5.91 Å². The van der Waals surface area contributed by atoms with E-state index in [9.17, 15) is 9.59 Å². The highest BCUT2D eigenvalue weighted by atomic mass is 32.1. The molecule has 0 spiro atoms. The smallest absolute Gasteiger partial charge is 0.270 e. The molecule has 6 nitrogen and oxygen atoms in total. The van der Waals surface area contributed by atoms with E-state index in [-0.39, 0.29) is 16.6 Å². The summed E-state index contributed by atoms with van der Waals surface area (Å²) in [6.07, 6.45) is 2.33. The maximum absolute atomic E-state index is 13.4. The van der Waals surface area contributed by atoms with Crippen LogP contribution in [0.1, 0.15) is 32.8 Å². The van der Waals surface area contributed by atoms with Crippen LogP contribution in [0.4, 0.5) is 11.4 Å². The van der Waals surface area contributed by atoms with Gasteiger partial charge in [0.05, 0.1) is 12.8 Å². The molecule has 2 amide bonds. The zero-order chi connectivity index (χ0) is 23.3. The molecule has 1 heterocycles. The number of hydrogen-bond donors (Lipinski definition) is 0. The second kappa shape index (κ2) is 10.4. The molecule has 168 valence electrons. The zero-order valence-corrected chi connectivity index (χ0v) is 19.8. The number of carbonyl (C=O) groups is 2. The summed E-state index contributed by atoms with van der Waals surface area (Å²) in [5.74, 6) is -0.221. The molecule has 1 fully saturated rings. The van der Waals surface area contributed by atoms with Crippen LogP contribution in [-0.2, 0) is 9.59 Å². The van der Waals surface area contributed by atoms with Crippen molar-refractivity contribution in [3.05, 3.63) is 59.7 Å². The third-order valence-corrected chi connectivity index (χ3v) is 5.84. The van der Waals surface area contributed by atoms with Crippen molar-refractivity contribution in [2.24, 2.45) is 0 Å². The minimum Gasteiger partial charge on any atom is -0.496 e. The van der Waals surface area contributed by atoms with Crippen molar-refractivity contribution < 1.29 is 14.3 Å². The highest BCUT2D eigenvalue weighted by molar-refractivity contribution is 7.80. The fraction of sp³-hybridized carbons (Fsp3) is 0.320. The molecule has 0 bridgehead atoms. The van der Waals surface area contributed by atoms with E-state index in [2.05, 4.69) is 18.7 Å². The second-order valence-corrected chi connectivity index (χ2v) is 7.74. The number of rotatable bonds is 8. The first-order valence-electron chi connectivity index (χ1n) is 10.9. The Morgan fingerprint density at radius 3 is 2.28 bits per heavy atom. The van der Waals surface area contributed by atoms with Gasteiger partial charge >= 0.3 is 0 Å². The number of ether oxygens (including phenoxy) is 1. The Morgan fingerprint density at radius 1 is 1.00 bits per heavy atom. The Balaban J connectivity index is 2.09. The predicted molar refractivity (Wildman–Crippen MR) is 133 cm³/mol. The molecule has 1 saturated heterocycles. The molecule has 32 heavy (non-hydrogen) atoms. The monoisotopic (exact) mass is 451 g/mol. The predicted octanol–water partition coefficient (Wildman–Crippen LogP) is 4.50. The molecule has 2 aromatic rings. The SMILES string of the molecule is CCCN1C(=O)/C(=C\c2ccc(N(CC)CC)cc2OC)C(=O)N(c2ccccc2)C1=S. The van der Waals surface area contributed by atoms with Crippen LogP contribution in [-0.4, -0.2) is 48.6 Å². The van der Waals surface area contributed by atoms with E-state index in [4.69, 9.17) is 17.0 Å². The van der Waals surface area contributed by atoms with Crippen LogP contribution >= 0.6 is 12.2 Å². The van der Waals surface area contributed by atoms with E-state index in [0.29, 0.717) is 23.5 Å². The van der Waals surface area contributed by atoms with Crippen LogP contribution in [0.25, 0.3) is 6.08 Å². The molecule has 7 heteroatoms. The van der Waals surface area contributed by atoms with Crippen molar-refractivity contribution in [1.82, 2.24) is 4.90 Å². The Labute approximate surface area is 195 Å². The van der Waals surface area contributed by atoms with Crippen LogP contribution < -0.4 is 14.5 Å². The lowest BCUT2D eigenvalue weighted by atomic mass is 10.0. The summed E-state index contributed by atoms with van der Waals surface area (Å²) in [5, 5.41) is 0.203. The van der Waals surface area contributed by atoms with Crippen molar-refractivity contribution in [3.63, 3.8) is 0 Å². The standard InChI is InChI=1S/C25H29N3O3S/c1-5-15-27-23(29)21(24(30)28(25(27)32)19-11-9-8-10-12-19)16-18-13-14-20(17-22(18)31-4)26(6-2)7-3/h8-14,16-17H,5-7,15H2,1-4H3/b21-16+. The molecule has 0 saturated carbocycles. The summed E-state index contributed by atoms with van der Waals surface area (Å²) in [7, 11) is 1.59. The second-order valence-electron chi connectivity index (χ2n) is 7.37. The first kappa shape index (κ1) is 23.5. The summed E-state index contributed by atoms with van der Waals surface area (Å²) < 4.78 is 5.60. The molecule has 1 aliphatic rings. The average molecular weight is 452 g/mol. The van der Waals surface area contributed by atoms with Crippen molar-refractivity contribution in [2.75, 3.05) is 36.5 Å². The average Bonchev–Trinajstić information content (AvgIpc) is 2.81. The van der Waals surface area contributed by atoms with Gasteiger partial charge in [0.25, 0.3) is 11.8 Å². The van der Waals surface area contributed by atoms with Gasteiger partial charge in [-0.2, -0.15) is 0 Å². The normalized spacial score (nSPS) is 15.5. The summed E-state index contributed by atoms with van der Waals surface area (Å²) >= 11 is 5.54. The summed E-state index contributed by atoms with van der Waals surface area (Å²) in [4.78, 5) is 31.8. The van der Waals surface area contributed by atoms with Crippen LogP contribution in [0, 0.1) is 0 Å². The van der Waals surface area contributed by atoms with Gasteiger partial charge in [-0.1, -0.05) is 25.1 Å². The Morgan fingerprint density at radius 2 is 1.69 bits per heavy atom. The summed E-state index contributed by atoms with van der Waals surface area (Å²) in [6, 6.07) is 14.9. The molecule has 0 aromatic heterocycles. The van der Waals surface area contributed by atoms with Crippen LogP contribution in [0.15, 0.2) is 54.1 Å². The molecule has 0 aliphatic carbocycles. The fourth-order valence-electron chi connectivity index (χ4n) is 3.76. The Kier molecular flexibility index (Phi) is 7.64. The van der Waals surface area contributed by atoms with E-state index in [0.717, 1.165) is 25.2 Å². The van der Waals surface area contributed by atoms with Gasteiger partial charge in [0.2, 0.25) is 0 Å². The number of para-hydroxylation sites is 1. The number of thiocarbonyl (C=S) groups is 1. The third kappa shape index (κ3) is 4.53. The highest BCUT2D eigenvalue weighted by Gasteiger charge is 2.40. The largest absolute Gasteiger partial charge is 0.496 e.